The Bertz CT molecular complexity index is 430. The Morgan fingerprint density at radius 1 is 1.44 bits per heavy atom. The van der Waals surface area contributed by atoms with Crippen LogP contribution in [0, 0.1) is 15.9 Å². The van der Waals surface area contributed by atoms with Crippen LogP contribution >= 0.6 is 0 Å². The quantitative estimate of drug-likeness (QED) is 0.499. The molecule has 0 aliphatic heterocycles. The smallest absolute Gasteiger partial charge is 0.313 e. The Morgan fingerprint density at radius 2 is 2.11 bits per heavy atom. The molecule has 0 atom stereocenters. The second kappa shape index (κ2) is 5.77. The van der Waals surface area contributed by atoms with E-state index in [4.69, 9.17) is 4.74 Å². The summed E-state index contributed by atoms with van der Waals surface area (Å²) in [5.41, 5.74) is -0.399. The molecular formula is C12H17FN2O3. The van der Waals surface area contributed by atoms with E-state index in [1.54, 1.807) is 0 Å². The van der Waals surface area contributed by atoms with E-state index in [-0.39, 0.29) is 23.6 Å². The number of nitrogens with one attached hydrogen (secondary N) is 1. The zero-order valence-electron chi connectivity index (χ0n) is 10.7. The number of hydrogen-bond acceptors (Lipinski definition) is 4. The van der Waals surface area contributed by atoms with E-state index in [0.29, 0.717) is 6.54 Å². The fourth-order valence-corrected chi connectivity index (χ4v) is 1.34. The average molecular weight is 256 g/mol. The largest absolute Gasteiger partial charge is 0.485 e. The third-order valence-corrected chi connectivity index (χ3v) is 2.13. The molecule has 1 rings (SSSR count). The molecule has 0 unspecified atom stereocenters. The van der Waals surface area contributed by atoms with Crippen molar-refractivity contribution in [1.29, 1.82) is 0 Å². The highest BCUT2D eigenvalue weighted by Gasteiger charge is 2.16. The molecule has 0 saturated carbocycles. The molecule has 5 nitrogen and oxygen atoms in total. The SMILES string of the molecule is CC(C)(C)NCCOc1ccc(F)cc1[N+](=O)[O-]. The first-order chi connectivity index (χ1) is 8.29. The number of nitrogens with zero attached hydrogens (tertiary/aromatic N) is 1. The number of benzene rings is 1. The fourth-order valence-electron chi connectivity index (χ4n) is 1.34. The van der Waals surface area contributed by atoms with Crippen molar-refractivity contribution in [3.05, 3.63) is 34.1 Å². The van der Waals surface area contributed by atoms with Crippen LogP contribution < -0.4 is 10.1 Å². The van der Waals surface area contributed by atoms with Gasteiger partial charge < -0.3 is 10.1 Å². The van der Waals surface area contributed by atoms with Gasteiger partial charge in [-0.1, -0.05) is 0 Å². The summed E-state index contributed by atoms with van der Waals surface area (Å²) in [5, 5.41) is 13.9. The first-order valence-corrected chi connectivity index (χ1v) is 5.61. The zero-order chi connectivity index (χ0) is 13.8. The molecule has 0 amide bonds. The zero-order valence-corrected chi connectivity index (χ0v) is 10.7. The van der Waals surface area contributed by atoms with Gasteiger partial charge in [0.05, 0.1) is 11.0 Å². The van der Waals surface area contributed by atoms with Crippen molar-refractivity contribution in [2.24, 2.45) is 0 Å². The molecule has 18 heavy (non-hydrogen) atoms. The Kier molecular flexibility index (Phi) is 4.61. The summed E-state index contributed by atoms with van der Waals surface area (Å²) in [5.74, 6) is -0.570. The first-order valence-electron chi connectivity index (χ1n) is 5.61. The summed E-state index contributed by atoms with van der Waals surface area (Å²) in [6.45, 7) is 6.86. The molecule has 1 aromatic rings. The summed E-state index contributed by atoms with van der Waals surface area (Å²) in [4.78, 5) is 10.1. The van der Waals surface area contributed by atoms with Gasteiger partial charge in [-0.25, -0.2) is 4.39 Å². The van der Waals surface area contributed by atoms with Crippen LogP contribution in [-0.4, -0.2) is 23.6 Å². The molecule has 0 heterocycles. The molecule has 0 spiro atoms. The lowest BCUT2D eigenvalue weighted by atomic mass is 10.1. The third kappa shape index (κ3) is 4.67. The number of ether oxygens (including phenoxy) is 1. The lowest BCUT2D eigenvalue weighted by molar-refractivity contribution is -0.386. The normalized spacial score (nSPS) is 11.3. The van der Waals surface area contributed by atoms with E-state index in [0.717, 1.165) is 12.1 Å². The van der Waals surface area contributed by atoms with Crippen molar-refractivity contribution >= 4 is 5.69 Å². The van der Waals surface area contributed by atoms with Crippen LogP contribution in [0.15, 0.2) is 18.2 Å². The average Bonchev–Trinajstić information content (AvgIpc) is 2.24. The minimum atomic E-state index is -0.657. The molecule has 0 aromatic heterocycles. The van der Waals surface area contributed by atoms with E-state index in [1.807, 2.05) is 20.8 Å². The summed E-state index contributed by atoms with van der Waals surface area (Å²) in [7, 11) is 0. The Hall–Kier alpha value is -1.69. The minimum Gasteiger partial charge on any atom is -0.485 e. The highest BCUT2D eigenvalue weighted by Crippen LogP contribution is 2.27. The molecule has 0 aliphatic rings. The standard InChI is InChI=1S/C12H17FN2O3/c1-12(2,3)14-6-7-18-11-5-4-9(13)8-10(11)15(16)17/h4-5,8,14H,6-7H2,1-3H3. The lowest BCUT2D eigenvalue weighted by Gasteiger charge is -2.20. The Morgan fingerprint density at radius 3 is 2.67 bits per heavy atom. The molecule has 1 N–H and O–H groups in total. The molecule has 0 fully saturated rings. The molecule has 0 aliphatic carbocycles. The number of hydrogen-bond donors (Lipinski definition) is 1. The lowest BCUT2D eigenvalue weighted by Crippen LogP contribution is -2.38. The predicted octanol–water partition coefficient (Wildman–Crippen LogP) is 2.50. The van der Waals surface area contributed by atoms with Crippen LogP contribution in [0.5, 0.6) is 5.75 Å². The van der Waals surface area contributed by atoms with Gasteiger partial charge in [0.15, 0.2) is 5.75 Å². The van der Waals surface area contributed by atoms with Crippen molar-refractivity contribution in [3.8, 4) is 5.75 Å². The second-order valence-electron chi connectivity index (χ2n) is 4.89. The molecule has 0 radical (unpaired) electrons. The highest BCUT2D eigenvalue weighted by atomic mass is 19.1. The molecule has 0 saturated heterocycles. The maximum atomic E-state index is 12.9. The van der Waals surface area contributed by atoms with Gasteiger partial charge in [-0.3, -0.25) is 10.1 Å². The summed E-state index contributed by atoms with van der Waals surface area (Å²) < 4.78 is 18.2. The minimum absolute atomic E-state index is 0.0436. The van der Waals surface area contributed by atoms with Crippen molar-refractivity contribution < 1.29 is 14.1 Å². The van der Waals surface area contributed by atoms with Crippen molar-refractivity contribution in [2.45, 2.75) is 26.3 Å². The van der Waals surface area contributed by atoms with Crippen LogP contribution in [0.4, 0.5) is 10.1 Å². The summed E-state index contributed by atoms with van der Waals surface area (Å²) >= 11 is 0. The highest BCUT2D eigenvalue weighted by molar-refractivity contribution is 5.46. The molecule has 6 heteroatoms. The number of halogens is 1. The van der Waals surface area contributed by atoms with E-state index in [9.17, 15) is 14.5 Å². The van der Waals surface area contributed by atoms with E-state index in [1.165, 1.54) is 6.07 Å². The topological polar surface area (TPSA) is 64.4 Å². The summed E-state index contributed by atoms with van der Waals surface area (Å²) in [6, 6.07) is 3.26. The van der Waals surface area contributed by atoms with Crippen molar-refractivity contribution in [1.82, 2.24) is 5.32 Å². The van der Waals surface area contributed by atoms with E-state index in [2.05, 4.69) is 5.32 Å². The van der Waals surface area contributed by atoms with Gasteiger partial charge in [0.1, 0.15) is 12.4 Å². The van der Waals surface area contributed by atoms with Gasteiger partial charge in [-0.05, 0) is 32.9 Å². The number of nitro groups is 1. The van der Waals surface area contributed by atoms with Crippen LogP contribution in [0.1, 0.15) is 20.8 Å². The van der Waals surface area contributed by atoms with Gasteiger partial charge in [0, 0.05) is 12.1 Å². The molecule has 100 valence electrons. The number of nitro benzene ring substituents is 1. The molecule has 0 bridgehead atoms. The maximum absolute atomic E-state index is 12.9. The third-order valence-electron chi connectivity index (χ3n) is 2.13. The monoisotopic (exact) mass is 256 g/mol. The van der Waals surface area contributed by atoms with Crippen molar-refractivity contribution in [2.75, 3.05) is 13.2 Å². The van der Waals surface area contributed by atoms with E-state index < -0.39 is 10.7 Å². The van der Waals surface area contributed by atoms with Crippen LogP contribution in [0.2, 0.25) is 0 Å². The molecule has 1 aromatic carbocycles. The Labute approximate surface area is 105 Å². The van der Waals surface area contributed by atoms with Gasteiger partial charge in [-0.15, -0.1) is 0 Å². The number of rotatable bonds is 5. The fraction of sp³-hybridized carbons (Fsp3) is 0.500. The van der Waals surface area contributed by atoms with Gasteiger partial charge in [0.25, 0.3) is 0 Å². The van der Waals surface area contributed by atoms with Crippen LogP contribution in [0.3, 0.4) is 0 Å². The second-order valence-corrected chi connectivity index (χ2v) is 4.89. The molecular weight excluding hydrogens is 239 g/mol. The van der Waals surface area contributed by atoms with Crippen LogP contribution in [-0.2, 0) is 0 Å². The van der Waals surface area contributed by atoms with Crippen LogP contribution in [0.25, 0.3) is 0 Å². The predicted molar refractivity (Wildman–Crippen MR) is 66.3 cm³/mol. The Balaban J connectivity index is 2.59. The van der Waals surface area contributed by atoms with Gasteiger partial charge in [0.2, 0.25) is 0 Å². The maximum Gasteiger partial charge on any atom is 0.313 e. The first kappa shape index (κ1) is 14.4. The van der Waals surface area contributed by atoms with Gasteiger partial charge >= 0.3 is 5.69 Å². The summed E-state index contributed by atoms with van der Waals surface area (Å²) in [6.07, 6.45) is 0. The van der Waals surface area contributed by atoms with Crippen molar-refractivity contribution in [3.63, 3.8) is 0 Å². The van der Waals surface area contributed by atoms with Gasteiger partial charge in [-0.2, -0.15) is 0 Å². The van der Waals surface area contributed by atoms with E-state index >= 15 is 0 Å².